The summed E-state index contributed by atoms with van der Waals surface area (Å²) in [6.07, 6.45) is 0. The van der Waals surface area contributed by atoms with E-state index in [0.29, 0.717) is 22.0 Å². The molecule has 0 atom stereocenters. The van der Waals surface area contributed by atoms with Gasteiger partial charge in [0.25, 0.3) is 11.8 Å². The Morgan fingerprint density at radius 3 is 2.34 bits per heavy atom. The quantitative estimate of drug-likeness (QED) is 0.432. The molecule has 0 radical (unpaired) electrons. The highest BCUT2D eigenvalue weighted by atomic mass is 35.5. The molecule has 7 nitrogen and oxygen atoms in total. The predicted molar refractivity (Wildman–Crippen MR) is 126 cm³/mol. The number of ether oxygens (including phenoxy) is 2. The van der Waals surface area contributed by atoms with Gasteiger partial charge in [0.05, 0.1) is 40.9 Å². The van der Waals surface area contributed by atoms with E-state index in [9.17, 15) is 14.4 Å². The number of esters is 1. The zero-order valence-electron chi connectivity index (χ0n) is 17.2. The number of nitrogens with one attached hydrogen (secondary N) is 2. The van der Waals surface area contributed by atoms with Gasteiger partial charge in [0, 0.05) is 5.02 Å². The Bertz CT molecular complexity index is 1210. The lowest BCUT2D eigenvalue weighted by Gasteiger charge is -2.09. The van der Waals surface area contributed by atoms with E-state index in [1.807, 2.05) is 0 Å². The van der Waals surface area contributed by atoms with Crippen LogP contribution in [0.25, 0.3) is 0 Å². The number of para-hydroxylation sites is 2. The van der Waals surface area contributed by atoms with Crippen molar-refractivity contribution < 1.29 is 23.9 Å². The predicted octanol–water partition coefficient (Wildman–Crippen LogP) is 5.66. The van der Waals surface area contributed by atoms with Gasteiger partial charge >= 0.3 is 5.97 Å². The monoisotopic (exact) mass is 492 g/mol. The first-order chi connectivity index (χ1) is 15.3. The van der Waals surface area contributed by atoms with Crippen LogP contribution in [0.15, 0.2) is 42.5 Å². The number of amides is 2. The number of anilines is 2. The van der Waals surface area contributed by atoms with Gasteiger partial charge in [-0.05, 0) is 42.8 Å². The largest absolute Gasteiger partial charge is 0.495 e. The summed E-state index contributed by atoms with van der Waals surface area (Å²) in [5.74, 6) is -1.23. The summed E-state index contributed by atoms with van der Waals surface area (Å²) >= 11 is 13.0. The molecular weight excluding hydrogens is 475 g/mol. The number of hydrogen-bond donors (Lipinski definition) is 2. The smallest absolute Gasteiger partial charge is 0.341 e. The molecule has 2 aromatic carbocycles. The standard InChI is InChI=1S/C22H18Cl2N2O5S/c1-11-17(22(29)31-3)21(26-19(27)13-9-8-12(23)10-14(13)24)32-18(11)20(28)25-15-6-4-5-7-16(15)30-2/h4-10H,1-3H3,(H,25,28)(H,26,27). The summed E-state index contributed by atoms with van der Waals surface area (Å²) in [5, 5.41) is 6.11. The van der Waals surface area contributed by atoms with E-state index in [1.54, 1.807) is 31.2 Å². The van der Waals surface area contributed by atoms with Crippen molar-refractivity contribution in [2.45, 2.75) is 6.92 Å². The highest BCUT2D eigenvalue weighted by molar-refractivity contribution is 7.19. The first-order valence-electron chi connectivity index (χ1n) is 9.19. The maximum Gasteiger partial charge on any atom is 0.341 e. The molecule has 0 saturated heterocycles. The van der Waals surface area contributed by atoms with Crippen molar-refractivity contribution in [3.05, 3.63) is 74.1 Å². The molecule has 0 unspecified atom stereocenters. The second kappa shape index (κ2) is 10.0. The lowest BCUT2D eigenvalue weighted by atomic mass is 10.1. The fourth-order valence-corrected chi connectivity index (χ4v) is 4.52. The number of carbonyl (C=O) groups is 3. The molecule has 2 amide bonds. The van der Waals surface area contributed by atoms with Crippen LogP contribution in [0.3, 0.4) is 0 Å². The van der Waals surface area contributed by atoms with Gasteiger partial charge in [0.15, 0.2) is 0 Å². The van der Waals surface area contributed by atoms with Gasteiger partial charge < -0.3 is 20.1 Å². The Morgan fingerprint density at radius 1 is 0.969 bits per heavy atom. The van der Waals surface area contributed by atoms with Gasteiger partial charge in [-0.25, -0.2) is 4.79 Å². The lowest BCUT2D eigenvalue weighted by molar-refractivity contribution is 0.0601. The number of thiophene rings is 1. The minimum atomic E-state index is -0.687. The van der Waals surface area contributed by atoms with E-state index in [2.05, 4.69) is 10.6 Å². The van der Waals surface area contributed by atoms with E-state index in [-0.39, 0.29) is 26.0 Å². The number of carbonyl (C=O) groups excluding carboxylic acids is 3. The van der Waals surface area contributed by atoms with Crippen LogP contribution in [0.2, 0.25) is 10.0 Å². The second-order valence-corrected chi connectivity index (χ2v) is 8.35. The maximum absolute atomic E-state index is 13.0. The average molecular weight is 493 g/mol. The van der Waals surface area contributed by atoms with Gasteiger partial charge in [0.1, 0.15) is 10.8 Å². The molecule has 2 N–H and O–H groups in total. The Balaban J connectivity index is 1.96. The molecule has 3 rings (SSSR count). The third-order valence-electron chi connectivity index (χ3n) is 4.50. The Kier molecular flexibility index (Phi) is 7.40. The molecule has 0 fully saturated rings. The van der Waals surface area contributed by atoms with Crippen molar-refractivity contribution in [3.8, 4) is 5.75 Å². The van der Waals surface area contributed by atoms with Crippen LogP contribution < -0.4 is 15.4 Å². The van der Waals surface area contributed by atoms with Crippen LogP contribution in [0.5, 0.6) is 5.75 Å². The highest BCUT2D eigenvalue weighted by Crippen LogP contribution is 2.35. The zero-order chi connectivity index (χ0) is 23.4. The maximum atomic E-state index is 13.0. The molecule has 0 aliphatic heterocycles. The lowest BCUT2D eigenvalue weighted by Crippen LogP contribution is -2.15. The molecule has 0 saturated carbocycles. The summed E-state index contributed by atoms with van der Waals surface area (Å²) in [5.41, 5.74) is 1.08. The van der Waals surface area contributed by atoms with Crippen LogP contribution in [-0.4, -0.2) is 32.0 Å². The third kappa shape index (κ3) is 4.88. The van der Waals surface area contributed by atoms with Crippen molar-refractivity contribution in [1.82, 2.24) is 0 Å². The van der Waals surface area contributed by atoms with Crippen LogP contribution in [0.4, 0.5) is 10.7 Å². The van der Waals surface area contributed by atoms with E-state index < -0.39 is 17.8 Å². The Hall–Kier alpha value is -3.07. The van der Waals surface area contributed by atoms with Crippen molar-refractivity contribution in [1.29, 1.82) is 0 Å². The fraction of sp³-hybridized carbons (Fsp3) is 0.136. The van der Waals surface area contributed by atoms with Gasteiger partial charge in [-0.1, -0.05) is 35.3 Å². The first kappa shape index (κ1) is 23.6. The molecule has 0 aliphatic rings. The van der Waals surface area contributed by atoms with E-state index >= 15 is 0 Å². The zero-order valence-corrected chi connectivity index (χ0v) is 19.6. The normalized spacial score (nSPS) is 10.4. The van der Waals surface area contributed by atoms with Crippen LogP contribution in [0.1, 0.15) is 36.0 Å². The molecule has 1 aromatic heterocycles. The van der Waals surface area contributed by atoms with Gasteiger partial charge in [-0.15, -0.1) is 11.3 Å². The van der Waals surface area contributed by atoms with Crippen LogP contribution >= 0.6 is 34.5 Å². The molecule has 0 spiro atoms. The molecular formula is C22H18Cl2N2O5S. The number of methoxy groups -OCH3 is 2. The SMILES string of the molecule is COC(=O)c1c(NC(=O)c2ccc(Cl)cc2Cl)sc(C(=O)Nc2ccccc2OC)c1C. The van der Waals surface area contributed by atoms with Crippen molar-refractivity contribution in [2.75, 3.05) is 24.9 Å². The topological polar surface area (TPSA) is 93.7 Å². The first-order valence-corrected chi connectivity index (χ1v) is 10.8. The van der Waals surface area contributed by atoms with Gasteiger partial charge in [-0.2, -0.15) is 0 Å². The number of benzene rings is 2. The van der Waals surface area contributed by atoms with E-state index in [1.165, 1.54) is 32.4 Å². The second-order valence-electron chi connectivity index (χ2n) is 6.48. The van der Waals surface area contributed by atoms with Crippen molar-refractivity contribution in [2.24, 2.45) is 0 Å². The van der Waals surface area contributed by atoms with Crippen molar-refractivity contribution in [3.63, 3.8) is 0 Å². The van der Waals surface area contributed by atoms with E-state index in [4.69, 9.17) is 32.7 Å². The molecule has 3 aromatic rings. The molecule has 166 valence electrons. The summed E-state index contributed by atoms with van der Waals surface area (Å²) in [6, 6.07) is 11.3. The Labute approximate surface area is 198 Å². The summed E-state index contributed by atoms with van der Waals surface area (Å²) in [7, 11) is 2.71. The third-order valence-corrected chi connectivity index (χ3v) is 6.25. The van der Waals surface area contributed by atoms with Gasteiger partial charge in [0.2, 0.25) is 0 Å². The molecule has 0 aliphatic carbocycles. The highest BCUT2D eigenvalue weighted by Gasteiger charge is 2.27. The number of halogens is 2. The summed E-state index contributed by atoms with van der Waals surface area (Å²) in [4.78, 5) is 38.4. The summed E-state index contributed by atoms with van der Waals surface area (Å²) in [6.45, 7) is 1.60. The fourth-order valence-electron chi connectivity index (χ4n) is 2.94. The van der Waals surface area contributed by atoms with Crippen LogP contribution in [-0.2, 0) is 4.74 Å². The minimum absolute atomic E-state index is 0.0844. The van der Waals surface area contributed by atoms with Gasteiger partial charge in [-0.3, -0.25) is 9.59 Å². The van der Waals surface area contributed by atoms with E-state index in [0.717, 1.165) is 11.3 Å². The Morgan fingerprint density at radius 2 is 1.69 bits per heavy atom. The number of hydrogen-bond acceptors (Lipinski definition) is 6. The van der Waals surface area contributed by atoms with Crippen molar-refractivity contribution >= 4 is 63.0 Å². The average Bonchev–Trinajstić information content (AvgIpc) is 3.09. The molecule has 10 heteroatoms. The molecule has 1 heterocycles. The van der Waals surface area contributed by atoms with Crippen LogP contribution in [0, 0.1) is 6.92 Å². The summed E-state index contributed by atoms with van der Waals surface area (Å²) < 4.78 is 10.1. The number of rotatable bonds is 6. The molecule has 32 heavy (non-hydrogen) atoms. The minimum Gasteiger partial charge on any atom is -0.495 e. The molecule has 0 bridgehead atoms.